The number of anilines is 2. The molecule has 1 saturated heterocycles. The van der Waals surface area contributed by atoms with Crippen molar-refractivity contribution in [1.29, 1.82) is 0 Å². The number of aliphatic carboxylic acids is 1. The van der Waals surface area contributed by atoms with E-state index in [2.05, 4.69) is 20.4 Å². The van der Waals surface area contributed by atoms with Crippen LogP contribution in [0.3, 0.4) is 0 Å². The van der Waals surface area contributed by atoms with E-state index in [4.69, 9.17) is 26.3 Å². The van der Waals surface area contributed by atoms with Crippen molar-refractivity contribution in [1.82, 2.24) is 28.9 Å². The molecule has 0 atom stereocenters. The number of hydrogen-bond donors (Lipinski definition) is 3. The summed E-state index contributed by atoms with van der Waals surface area (Å²) in [6, 6.07) is 12.1. The molecular formula is C41H49ClN8O5. The van der Waals surface area contributed by atoms with Crippen molar-refractivity contribution >= 4 is 40.8 Å². The van der Waals surface area contributed by atoms with Crippen LogP contribution in [0.2, 0.25) is 5.02 Å². The predicted octanol–water partition coefficient (Wildman–Crippen LogP) is 5.83. The largest absolute Gasteiger partial charge is 0.481 e. The van der Waals surface area contributed by atoms with E-state index in [-0.39, 0.29) is 17.7 Å². The lowest BCUT2D eigenvalue weighted by atomic mass is 9.85. The number of aromatic nitrogens is 4. The number of carbonyl (C=O) groups excluding carboxylic acids is 2. The standard InChI is InChI=1S/C41H49ClN8O5/c1-24-28(6-4-8-30(24)45-39(51)37-43-32-22-49(18-14-34(32)47(37)2)26-12-10-25(11-13-26)41(53)54)29-7-5-9-31(36(29)42)46-40(52)38-44-33-23-50(19-15-35(33)48(38)3)27-16-20-55-21-17-27/h4-9,25-27H,10-23H2,1-3H3,(H,45,51)(H,46,52)(H,53,54). The van der Waals surface area contributed by atoms with Crippen molar-refractivity contribution in [3.8, 4) is 11.1 Å². The summed E-state index contributed by atoms with van der Waals surface area (Å²) < 4.78 is 9.36. The molecule has 8 rings (SSSR count). The van der Waals surface area contributed by atoms with Crippen molar-refractivity contribution in [3.05, 3.63) is 81.4 Å². The molecule has 1 aliphatic carbocycles. The second-order valence-corrected chi connectivity index (χ2v) is 15.8. The maximum absolute atomic E-state index is 13.8. The number of halogens is 1. The number of fused-ring (bicyclic) bond motifs is 2. The molecular weight excluding hydrogens is 720 g/mol. The molecule has 2 amide bonds. The molecule has 2 aromatic heterocycles. The van der Waals surface area contributed by atoms with Crippen LogP contribution >= 0.6 is 11.6 Å². The minimum Gasteiger partial charge on any atom is -0.481 e. The van der Waals surface area contributed by atoms with E-state index < -0.39 is 5.97 Å². The number of amides is 2. The van der Waals surface area contributed by atoms with E-state index in [1.165, 1.54) is 0 Å². The number of ether oxygens (including phenoxy) is 1. The molecule has 0 unspecified atom stereocenters. The van der Waals surface area contributed by atoms with Crippen LogP contribution in [-0.2, 0) is 49.6 Å². The first-order valence-corrected chi connectivity index (χ1v) is 19.8. The number of carbonyl (C=O) groups is 3. The fourth-order valence-corrected chi connectivity index (χ4v) is 9.40. The van der Waals surface area contributed by atoms with Gasteiger partial charge in [0.2, 0.25) is 0 Å². The summed E-state index contributed by atoms with van der Waals surface area (Å²) in [5.74, 6) is -0.863. The first-order chi connectivity index (χ1) is 26.6. The number of hydrogen-bond acceptors (Lipinski definition) is 8. The van der Waals surface area contributed by atoms with Crippen molar-refractivity contribution in [3.63, 3.8) is 0 Å². The highest BCUT2D eigenvalue weighted by Crippen LogP contribution is 2.38. The molecule has 0 radical (unpaired) electrons. The summed E-state index contributed by atoms with van der Waals surface area (Å²) >= 11 is 7.02. The first-order valence-electron chi connectivity index (χ1n) is 19.5. The van der Waals surface area contributed by atoms with E-state index in [9.17, 15) is 19.5 Å². The minimum atomic E-state index is -0.696. The van der Waals surface area contributed by atoms with E-state index >= 15 is 0 Å². The normalized spacial score (nSPS) is 20.8. The Balaban J connectivity index is 0.954. The monoisotopic (exact) mass is 768 g/mol. The highest BCUT2D eigenvalue weighted by Gasteiger charge is 2.34. The van der Waals surface area contributed by atoms with Gasteiger partial charge in [-0.3, -0.25) is 24.2 Å². The number of nitrogens with one attached hydrogen (secondary N) is 2. The Bertz CT molecular complexity index is 2130. The van der Waals surface area contributed by atoms with Crippen molar-refractivity contribution in [2.75, 3.05) is 36.9 Å². The van der Waals surface area contributed by atoms with Crippen LogP contribution in [0.25, 0.3) is 11.1 Å². The van der Waals surface area contributed by atoms with Gasteiger partial charge in [-0.1, -0.05) is 35.9 Å². The lowest BCUT2D eigenvalue weighted by Gasteiger charge is -2.37. The number of carboxylic acid groups (broad SMARTS) is 1. The molecule has 0 bridgehead atoms. The summed E-state index contributed by atoms with van der Waals surface area (Å²) in [5, 5.41) is 15.9. The zero-order valence-corrected chi connectivity index (χ0v) is 32.5. The molecule has 0 spiro atoms. The van der Waals surface area contributed by atoms with Gasteiger partial charge in [-0.05, 0) is 68.7 Å². The van der Waals surface area contributed by atoms with Gasteiger partial charge in [-0.2, -0.15) is 0 Å². The zero-order chi connectivity index (χ0) is 38.4. The molecule has 55 heavy (non-hydrogen) atoms. The molecule has 4 aromatic rings. The van der Waals surface area contributed by atoms with Gasteiger partial charge in [-0.15, -0.1) is 0 Å². The van der Waals surface area contributed by atoms with E-state index in [1.807, 2.05) is 60.5 Å². The first kappa shape index (κ1) is 37.4. The summed E-state index contributed by atoms with van der Waals surface area (Å²) in [7, 11) is 3.79. The van der Waals surface area contributed by atoms with Crippen LogP contribution in [0.1, 0.15) is 88.1 Å². The molecule has 3 aliphatic heterocycles. The molecule has 13 nitrogen and oxygen atoms in total. The third-order valence-electron chi connectivity index (χ3n) is 12.4. The lowest BCUT2D eigenvalue weighted by molar-refractivity contribution is -0.143. The second-order valence-electron chi connectivity index (χ2n) is 15.5. The number of carboxylic acids is 1. The van der Waals surface area contributed by atoms with Crippen LogP contribution in [0, 0.1) is 12.8 Å². The quantitative estimate of drug-likeness (QED) is 0.202. The smallest absolute Gasteiger partial charge is 0.306 e. The van der Waals surface area contributed by atoms with Crippen molar-refractivity contribution in [2.45, 2.75) is 83.5 Å². The van der Waals surface area contributed by atoms with E-state index in [1.54, 1.807) is 6.07 Å². The Morgan fingerprint density at radius 3 is 1.82 bits per heavy atom. The predicted molar refractivity (Wildman–Crippen MR) is 209 cm³/mol. The van der Waals surface area contributed by atoms with Gasteiger partial charge in [0, 0.05) is 101 Å². The highest BCUT2D eigenvalue weighted by atomic mass is 35.5. The van der Waals surface area contributed by atoms with E-state index in [0.29, 0.717) is 59.5 Å². The Kier molecular flexibility index (Phi) is 10.5. The van der Waals surface area contributed by atoms with Crippen LogP contribution in [-0.4, -0.2) is 90.2 Å². The third-order valence-corrected chi connectivity index (χ3v) is 12.8. The van der Waals surface area contributed by atoms with Gasteiger partial charge >= 0.3 is 5.97 Å². The third kappa shape index (κ3) is 7.30. The Morgan fingerprint density at radius 2 is 1.25 bits per heavy atom. The van der Waals surface area contributed by atoms with Crippen LogP contribution in [0.15, 0.2) is 36.4 Å². The second kappa shape index (κ2) is 15.5. The summed E-state index contributed by atoms with van der Waals surface area (Å²) in [5.41, 5.74) is 7.49. The molecule has 3 N–H and O–H groups in total. The number of nitrogens with zero attached hydrogens (tertiary/aromatic N) is 6. The van der Waals surface area contributed by atoms with Crippen LogP contribution in [0.4, 0.5) is 11.4 Å². The molecule has 290 valence electrons. The van der Waals surface area contributed by atoms with Crippen molar-refractivity contribution in [2.24, 2.45) is 20.0 Å². The van der Waals surface area contributed by atoms with E-state index in [0.717, 1.165) is 111 Å². The van der Waals surface area contributed by atoms with Gasteiger partial charge < -0.3 is 29.6 Å². The number of imidazole rings is 2. The fraction of sp³-hybridized carbons (Fsp3) is 0.488. The van der Waals surface area contributed by atoms with Crippen LogP contribution < -0.4 is 10.6 Å². The molecule has 5 heterocycles. The minimum absolute atomic E-state index is 0.248. The Labute approximate surface area is 326 Å². The average Bonchev–Trinajstić information content (AvgIpc) is 3.72. The van der Waals surface area contributed by atoms with Crippen LogP contribution in [0.5, 0.6) is 0 Å². The zero-order valence-electron chi connectivity index (χ0n) is 31.7. The lowest BCUT2D eigenvalue weighted by Crippen LogP contribution is -2.42. The van der Waals surface area contributed by atoms with Gasteiger partial charge in [0.15, 0.2) is 11.6 Å². The van der Waals surface area contributed by atoms with Gasteiger partial charge in [0.1, 0.15) is 0 Å². The SMILES string of the molecule is Cc1c(NC(=O)c2nc3c(n2C)CCN(C2CCC(C(=O)O)CC2)C3)cccc1-c1cccc(NC(=O)c2nc3c(n2C)CCN(C2CCOCC2)C3)c1Cl. The van der Waals surface area contributed by atoms with Gasteiger partial charge in [-0.25, -0.2) is 9.97 Å². The fourth-order valence-electron chi connectivity index (χ4n) is 9.12. The molecule has 2 fully saturated rings. The summed E-state index contributed by atoms with van der Waals surface area (Å²) in [6.45, 7) is 6.68. The summed E-state index contributed by atoms with van der Waals surface area (Å²) in [4.78, 5) is 53.4. The Morgan fingerprint density at radius 1 is 0.745 bits per heavy atom. The Hall–Kier alpha value is -4.56. The maximum atomic E-state index is 13.8. The summed E-state index contributed by atoms with van der Waals surface area (Å²) in [6.07, 6.45) is 6.79. The molecule has 2 aromatic carbocycles. The highest BCUT2D eigenvalue weighted by molar-refractivity contribution is 6.36. The molecule has 4 aliphatic rings. The van der Waals surface area contributed by atoms with Crippen molar-refractivity contribution < 1.29 is 24.2 Å². The van der Waals surface area contributed by atoms with Gasteiger partial charge in [0.25, 0.3) is 11.8 Å². The average molecular weight is 769 g/mol. The molecule has 1 saturated carbocycles. The maximum Gasteiger partial charge on any atom is 0.306 e. The molecule has 14 heteroatoms. The number of rotatable bonds is 8. The number of benzene rings is 2. The topological polar surface area (TPSA) is 147 Å². The van der Waals surface area contributed by atoms with Gasteiger partial charge in [0.05, 0.1) is 28.0 Å².